The molecule has 29 heavy (non-hydrogen) atoms. The van der Waals surface area contributed by atoms with Gasteiger partial charge in [-0.15, -0.1) is 0 Å². The highest BCUT2D eigenvalue weighted by Gasteiger charge is 2.15. The molecule has 6 nitrogen and oxygen atoms in total. The number of hydrogen-bond donors (Lipinski definition) is 3. The van der Waals surface area contributed by atoms with E-state index in [0.717, 1.165) is 16.9 Å². The maximum atomic E-state index is 14.4. The Morgan fingerprint density at radius 1 is 1.10 bits per heavy atom. The largest absolute Gasteiger partial charge is 0.491 e. The summed E-state index contributed by atoms with van der Waals surface area (Å²) in [5.74, 6) is 0.112. The van der Waals surface area contributed by atoms with Crippen LogP contribution in [0.5, 0.6) is 5.75 Å². The molecule has 2 aromatic rings. The van der Waals surface area contributed by atoms with Gasteiger partial charge in [0, 0.05) is 23.5 Å². The number of halogens is 1. The molecule has 0 spiro atoms. The van der Waals surface area contributed by atoms with E-state index in [-0.39, 0.29) is 19.0 Å². The maximum Gasteiger partial charge on any atom is 0.132 e. The molecule has 2 aliphatic heterocycles. The molecule has 2 aromatic carbocycles. The molecule has 4 N–H and O–H groups in total. The van der Waals surface area contributed by atoms with Crippen LogP contribution in [0.3, 0.4) is 0 Å². The normalized spacial score (nSPS) is 11.0. The van der Waals surface area contributed by atoms with Crippen molar-refractivity contribution in [2.45, 2.75) is 6.67 Å². The number of benzene rings is 2. The number of aromatic nitrogens is 2. The third kappa shape index (κ3) is 4.14. The van der Waals surface area contributed by atoms with Crippen molar-refractivity contribution in [3.63, 3.8) is 0 Å². The SMILES string of the molecule is Nc1ccccc1NCn1ccc2nc(-c3cc(OCCO)ccc3F)cc-2c1. The summed E-state index contributed by atoms with van der Waals surface area (Å²) < 4.78 is 21.7. The molecular weight excluding hydrogens is 371 g/mol. The number of para-hydroxylation sites is 2. The summed E-state index contributed by atoms with van der Waals surface area (Å²) in [6, 6.07) is 15.8. The lowest BCUT2D eigenvalue weighted by Crippen LogP contribution is -2.09. The van der Waals surface area contributed by atoms with Crippen LogP contribution in [0.25, 0.3) is 22.5 Å². The monoisotopic (exact) mass is 392 g/mol. The summed E-state index contributed by atoms with van der Waals surface area (Å²) in [5, 5.41) is 12.2. The van der Waals surface area contributed by atoms with E-state index in [0.29, 0.717) is 29.4 Å². The zero-order valence-electron chi connectivity index (χ0n) is 15.7. The second-order valence-corrected chi connectivity index (χ2v) is 6.58. The molecular formula is C22H21FN4O2. The van der Waals surface area contributed by atoms with Gasteiger partial charge in [0.05, 0.1) is 36.0 Å². The molecule has 2 aliphatic rings. The molecule has 0 unspecified atom stereocenters. The number of fused-ring (bicyclic) bond motifs is 1. The summed E-state index contributed by atoms with van der Waals surface area (Å²) in [5.41, 5.74) is 10.1. The van der Waals surface area contributed by atoms with Crippen LogP contribution < -0.4 is 15.8 Å². The van der Waals surface area contributed by atoms with Gasteiger partial charge in [-0.05, 0) is 42.5 Å². The van der Waals surface area contributed by atoms with Crippen LogP contribution in [0.1, 0.15) is 0 Å². The van der Waals surface area contributed by atoms with Gasteiger partial charge in [0.15, 0.2) is 0 Å². The van der Waals surface area contributed by atoms with E-state index in [9.17, 15) is 4.39 Å². The topological polar surface area (TPSA) is 85.3 Å². The lowest BCUT2D eigenvalue weighted by molar-refractivity contribution is 0.201. The predicted octanol–water partition coefficient (Wildman–Crippen LogP) is 3.82. The molecule has 0 saturated heterocycles. The number of aliphatic hydroxyl groups excluding tert-OH is 1. The van der Waals surface area contributed by atoms with Crippen LogP contribution in [-0.2, 0) is 6.67 Å². The smallest absolute Gasteiger partial charge is 0.132 e. The Bertz CT molecular complexity index is 1100. The Labute approximate surface area is 167 Å². The van der Waals surface area contributed by atoms with E-state index < -0.39 is 0 Å². The fourth-order valence-electron chi connectivity index (χ4n) is 3.10. The first kappa shape index (κ1) is 18.8. The minimum atomic E-state index is -0.377. The van der Waals surface area contributed by atoms with E-state index in [1.54, 1.807) is 6.07 Å². The van der Waals surface area contributed by atoms with E-state index in [4.69, 9.17) is 15.6 Å². The van der Waals surface area contributed by atoms with Crippen LogP contribution >= 0.6 is 0 Å². The Kier molecular flexibility index (Phi) is 5.31. The Balaban J connectivity index is 1.58. The molecule has 0 aliphatic carbocycles. The summed E-state index contributed by atoms with van der Waals surface area (Å²) in [4.78, 5) is 4.54. The van der Waals surface area contributed by atoms with E-state index in [2.05, 4.69) is 10.3 Å². The molecule has 0 saturated carbocycles. The standard InChI is InChI=1S/C22H21FN4O2/c23-18-6-5-16(29-10-9-28)12-17(18)22-11-15-13-27(8-7-20(15)26-22)14-25-21-4-2-1-3-19(21)24/h1-8,11-13,25,28H,9-10,14,24H2. The van der Waals surface area contributed by atoms with Crippen molar-refractivity contribution in [3.8, 4) is 28.3 Å². The first-order valence-corrected chi connectivity index (χ1v) is 9.22. The van der Waals surface area contributed by atoms with Crippen molar-refractivity contribution in [3.05, 3.63) is 72.8 Å². The molecule has 0 atom stereocenters. The van der Waals surface area contributed by atoms with Gasteiger partial charge in [-0.3, -0.25) is 0 Å². The fourth-order valence-corrected chi connectivity index (χ4v) is 3.10. The summed E-state index contributed by atoms with van der Waals surface area (Å²) in [7, 11) is 0. The van der Waals surface area contributed by atoms with Gasteiger partial charge >= 0.3 is 0 Å². The maximum absolute atomic E-state index is 14.4. The number of nitrogen functional groups attached to an aromatic ring is 1. The van der Waals surface area contributed by atoms with Crippen LogP contribution in [0.4, 0.5) is 15.8 Å². The zero-order chi connectivity index (χ0) is 20.2. The highest BCUT2D eigenvalue weighted by molar-refractivity contribution is 5.74. The number of rotatable bonds is 7. The van der Waals surface area contributed by atoms with Crippen molar-refractivity contribution in [1.29, 1.82) is 0 Å². The number of pyridine rings is 1. The number of ether oxygens (including phenoxy) is 1. The molecule has 0 aromatic heterocycles. The summed E-state index contributed by atoms with van der Waals surface area (Å²) in [6.07, 6.45) is 3.85. The van der Waals surface area contributed by atoms with Crippen molar-refractivity contribution in [2.75, 3.05) is 24.3 Å². The van der Waals surface area contributed by atoms with Crippen LogP contribution in [-0.4, -0.2) is 27.9 Å². The van der Waals surface area contributed by atoms with Gasteiger partial charge < -0.3 is 25.5 Å². The van der Waals surface area contributed by atoms with Crippen molar-refractivity contribution < 1.29 is 14.2 Å². The number of aliphatic hydroxyl groups is 1. The van der Waals surface area contributed by atoms with Crippen LogP contribution in [0.15, 0.2) is 67.0 Å². The fraction of sp³-hybridized carbons (Fsp3) is 0.136. The third-order valence-corrected chi connectivity index (χ3v) is 4.54. The highest BCUT2D eigenvalue weighted by Crippen LogP contribution is 2.32. The molecule has 0 bridgehead atoms. The zero-order valence-corrected chi connectivity index (χ0v) is 15.7. The minimum absolute atomic E-state index is 0.103. The average Bonchev–Trinajstić information content (AvgIpc) is 3.15. The number of nitrogens with two attached hydrogens (primary N) is 1. The van der Waals surface area contributed by atoms with Crippen LogP contribution in [0, 0.1) is 5.82 Å². The highest BCUT2D eigenvalue weighted by atomic mass is 19.1. The van der Waals surface area contributed by atoms with E-state index >= 15 is 0 Å². The molecule has 0 radical (unpaired) electrons. The average molecular weight is 392 g/mol. The van der Waals surface area contributed by atoms with Gasteiger partial charge in [-0.1, -0.05) is 12.1 Å². The Hall–Kier alpha value is -3.58. The first-order chi connectivity index (χ1) is 14.1. The Morgan fingerprint density at radius 2 is 1.97 bits per heavy atom. The van der Waals surface area contributed by atoms with E-state index in [1.165, 1.54) is 12.1 Å². The molecule has 0 amide bonds. The van der Waals surface area contributed by atoms with Gasteiger partial charge in [-0.2, -0.15) is 0 Å². The van der Waals surface area contributed by atoms with Gasteiger partial charge in [0.25, 0.3) is 0 Å². The predicted molar refractivity (Wildman–Crippen MR) is 111 cm³/mol. The quantitative estimate of drug-likeness (QED) is 0.417. The second kappa shape index (κ2) is 8.20. The van der Waals surface area contributed by atoms with Crippen molar-refractivity contribution in [2.24, 2.45) is 0 Å². The number of nitrogens with zero attached hydrogens (tertiary/aromatic N) is 2. The van der Waals surface area contributed by atoms with Crippen LogP contribution in [0.2, 0.25) is 0 Å². The van der Waals surface area contributed by atoms with Crippen molar-refractivity contribution >= 4 is 11.4 Å². The van der Waals surface area contributed by atoms with Gasteiger partial charge in [-0.25, -0.2) is 9.37 Å². The number of nitrogens with one attached hydrogen (secondary N) is 1. The lowest BCUT2D eigenvalue weighted by atomic mass is 10.1. The van der Waals surface area contributed by atoms with Gasteiger partial charge in [0.1, 0.15) is 18.2 Å². The van der Waals surface area contributed by atoms with Gasteiger partial charge in [0.2, 0.25) is 0 Å². The molecule has 4 rings (SSSR count). The summed E-state index contributed by atoms with van der Waals surface area (Å²) in [6.45, 7) is 0.581. The number of hydrogen-bond acceptors (Lipinski definition) is 5. The third-order valence-electron chi connectivity index (χ3n) is 4.54. The molecule has 2 heterocycles. The lowest BCUT2D eigenvalue weighted by Gasteiger charge is -2.12. The molecule has 0 fully saturated rings. The Morgan fingerprint density at radius 3 is 2.79 bits per heavy atom. The number of anilines is 2. The second-order valence-electron chi connectivity index (χ2n) is 6.58. The minimum Gasteiger partial charge on any atom is -0.491 e. The van der Waals surface area contributed by atoms with Crippen molar-refractivity contribution in [1.82, 2.24) is 9.55 Å². The van der Waals surface area contributed by atoms with E-state index in [1.807, 2.05) is 53.4 Å². The molecule has 7 heteroatoms. The molecule has 148 valence electrons. The summed E-state index contributed by atoms with van der Waals surface area (Å²) >= 11 is 0. The first-order valence-electron chi connectivity index (χ1n) is 9.22.